The molecule has 1 atom stereocenters. The van der Waals surface area contributed by atoms with Crippen LogP contribution in [0.4, 0.5) is 0 Å². The van der Waals surface area contributed by atoms with E-state index >= 15 is 0 Å². The van der Waals surface area contributed by atoms with Crippen molar-refractivity contribution < 1.29 is 17.9 Å². The van der Waals surface area contributed by atoms with Crippen molar-refractivity contribution in [1.82, 2.24) is 13.9 Å². The standard InChI is InChI=1S/C16H25N3O4S/c1-3-23-15(20)13-9-19(11-16(13)7-5-4-6-8-16)24(21,22)14-10-18(2)12-17-14/h10,12-13H,3-9,11H2,1-2H3. The second-order valence-corrected chi connectivity index (χ2v) is 8.79. The minimum atomic E-state index is -3.68. The van der Waals surface area contributed by atoms with Crippen LogP contribution >= 0.6 is 0 Å². The summed E-state index contributed by atoms with van der Waals surface area (Å²) in [6.07, 6.45) is 7.95. The lowest BCUT2D eigenvalue weighted by atomic mass is 9.68. The summed E-state index contributed by atoms with van der Waals surface area (Å²) in [7, 11) is -1.94. The van der Waals surface area contributed by atoms with Gasteiger partial charge in [0.1, 0.15) is 0 Å². The predicted molar refractivity (Wildman–Crippen MR) is 87.6 cm³/mol. The third kappa shape index (κ3) is 2.97. The smallest absolute Gasteiger partial charge is 0.310 e. The molecule has 0 amide bonds. The normalized spacial score (nSPS) is 24.3. The summed E-state index contributed by atoms with van der Waals surface area (Å²) in [5.41, 5.74) is -0.285. The fourth-order valence-corrected chi connectivity index (χ4v) is 5.61. The van der Waals surface area contributed by atoms with E-state index in [1.54, 1.807) is 18.5 Å². The quantitative estimate of drug-likeness (QED) is 0.766. The van der Waals surface area contributed by atoms with Gasteiger partial charge in [-0.2, -0.15) is 4.31 Å². The average molecular weight is 355 g/mol. The van der Waals surface area contributed by atoms with E-state index in [0.717, 1.165) is 32.1 Å². The van der Waals surface area contributed by atoms with Crippen LogP contribution in [0, 0.1) is 11.3 Å². The molecule has 2 heterocycles. The Morgan fingerprint density at radius 1 is 1.38 bits per heavy atom. The fourth-order valence-electron chi connectivity index (χ4n) is 4.09. The van der Waals surface area contributed by atoms with Gasteiger partial charge in [0.15, 0.2) is 5.03 Å². The highest BCUT2D eigenvalue weighted by molar-refractivity contribution is 7.89. The largest absolute Gasteiger partial charge is 0.466 e. The molecule has 2 aliphatic rings. The molecule has 1 aliphatic heterocycles. The summed E-state index contributed by atoms with van der Waals surface area (Å²) < 4.78 is 34.1. The van der Waals surface area contributed by atoms with E-state index in [4.69, 9.17) is 4.74 Å². The van der Waals surface area contributed by atoms with Gasteiger partial charge in [0.05, 0.1) is 18.9 Å². The van der Waals surface area contributed by atoms with Crippen LogP contribution < -0.4 is 0 Å². The third-order valence-corrected chi connectivity index (χ3v) is 7.02. The zero-order chi connectivity index (χ0) is 17.4. The molecule has 1 aromatic heterocycles. The Bertz CT molecular complexity index is 707. The molecule has 8 heteroatoms. The minimum Gasteiger partial charge on any atom is -0.466 e. The first kappa shape index (κ1) is 17.4. The number of hydrogen-bond donors (Lipinski definition) is 0. The summed E-state index contributed by atoms with van der Waals surface area (Å²) in [5, 5.41) is 0.0421. The van der Waals surface area contributed by atoms with Crippen LogP contribution in [0.1, 0.15) is 39.0 Å². The molecule has 1 aromatic rings. The van der Waals surface area contributed by atoms with Gasteiger partial charge in [-0.15, -0.1) is 0 Å². The predicted octanol–water partition coefficient (Wildman–Crippen LogP) is 1.55. The molecule has 3 rings (SSSR count). The summed E-state index contributed by atoms with van der Waals surface area (Å²) >= 11 is 0. The molecule has 1 aliphatic carbocycles. The van der Waals surface area contributed by atoms with Crippen molar-refractivity contribution in [2.24, 2.45) is 18.4 Å². The number of esters is 1. The van der Waals surface area contributed by atoms with Crippen LogP contribution in [-0.2, 0) is 26.6 Å². The van der Waals surface area contributed by atoms with Gasteiger partial charge < -0.3 is 9.30 Å². The van der Waals surface area contributed by atoms with E-state index in [9.17, 15) is 13.2 Å². The third-order valence-electron chi connectivity index (χ3n) is 5.32. The van der Waals surface area contributed by atoms with Gasteiger partial charge in [-0.3, -0.25) is 4.79 Å². The van der Waals surface area contributed by atoms with Crippen LogP contribution in [0.5, 0.6) is 0 Å². The topological polar surface area (TPSA) is 81.5 Å². The van der Waals surface area contributed by atoms with Gasteiger partial charge in [-0.1, -0.05) is 19.3 Å². The molecule has 0 bridgehead atoms. The number of aromatic nitrogens is 2. The molecular weight excluding hydrogens is 330 g/mol. The molecule has 2 fully saturated rings. The van der Waals surface area contributed by atoms with E-state index in [-0.39, 0.29) is 28.9 Å². The van der Waals surface area contributed by atoms with Crippen molar-refractivity contribution in [3.8, 4) is 0 Å². The SMILES string of the molecule is CCOC(=O)C1CN(S(=O)(=O)c2cn(C)cn2)CC12CCCCC2. The Morgan fingerprint density at radius 3 is 2.67 bits per heavy atom. The summed E-state index contributed by atoms with van der Waals surface area (Å²) in [6.45, 7) is 2.67. The first-order chi connectivity index (χ1) is 11.4. The number of ether oxygens (including phenoxy) is 1. The molecule has 1 unspecified atom stereocenters. The number of hydrogen-bond acceptors (Lipinski definition) is 5. The maximum Gasteiger partial charge on any atom is 0.310 e. The van der Waals surface area contributed by atoms with Crippen molar-refractivity contribution in [2.75, 3.05) is 19.7 Å². The van der Waals surface area contributed by atoms with Crippen LogP contribution in [0.15, 0.2) is 17.6 Å². The number of aryl methyl sites for hydroxylation is 1. The summed E-state index contributed by atoms with van der Waals surface area (Å²) in [6, 6.07) is 0. The van der Waals surface area contributed by atoms with Crippen molar-refractivity contribution in [3.63, 3.8) is 0 Å². The second kappa shape index (κ2) is 6.48. The van der Waals surface area contributed by atoms with Crippen molar-refractivity contribution in [1.29, 1.82) is 0 Å². The van der Waals surface area contributed by atoms with Gasteiger partial charge in [0, 0.05) is 26.3 Å². The molecule has 1 spiro atoms. The van der Waals surface area contributed by atoms with Crippen LogP contribution in [-0.4, -0.2) is 47.9 Å². The lowest BCUT2D eigenvalue weighted by Gasteiger charge is -2.36. The number of carbonyl (C=O) groups excluding carboxylic acids is 1. The number of sulfonamides is 1. The zero-order valence-corrected chi connectivity index (χ0v) is 15.1. The highest BCUT2D eigenvalue weighted by Gasteiger charge is 2.54. The lowest BCUT2D eigenvalue weighted by molar-refractivity contribution is -0.151. The maximum atomic E-state index is 12.9. The first-order valence-corrected chi connectivity index (χ1v) is 9.98. The van der Waals surface area contributed by atoms with Gasteiger partial charge in [-0.05, 0) is 25.2 Å². The first-order valence-electron chi connectivity index (χ1n) is 8.54. The molecule has 0 N–H and O–H groups in total. The van der Waals surface area contributed by atoms with E-state index in [1.807, 2.05) is 0 Å². The Kier molecular flexibility index (Phi) is 4.70. The maximum absolute atomic E-state index is 12.9. The Hall–Kier alpha value is -1.41. The van der Waals surface area contributed by atoms with Crippen molar-refractivity contribution in [2.45, 2.75) is 44.1 Å². The van der Waals surface area contributed by atoms with Crippen molar-refractivity contribution >= 4 is 16.0 Å². The van der Waals surface area contributed by atoms with Gasteiger partial charge in [-0.25, -0.2) is 13.4 Å². The second-order valence-electron chi connectivity index (χ2n) is 6.90. The lowest BCUT2D eigenvalue weighted by Crippen LogP contribution is -2.38. The molecule has 134 valence electrons. The molecular formula is C16H25N3O4S. The fraction of sp³-hybridized carbons (Fsp3) is 0.750. The zero-order valence-electron chi connectivity index (χ0n) is 14.3. The Balaban J connectivity index is 1.90. The van der Waals surface area contributed by atoms with Gasteiger partial charge >= 0.3 is 5.97 Å². The summed E-state index contributed by atoms with van der Waals surface area (Å²) in [5.74, 6) is -0.644. The molecule has 0 aromatic carbocycles. The minimum absolute atomic E-state index is 0.0421. The Morgan fingerprint density at radius 2 is 2.08 bits per heavy atom. The highest BCUT2D eigenvalue weighted by atomic mass is 32.2. The van der Waals surface area contributed by atoms with Crippen molar-refractivity contribution in [3.05, 3.63) is 12.5 Å². The highest BCUT2D eigenvalue weighted by Crippen LogP contribution is 2.49. The number of imidazole rings is 1. The summed E-state index contributed by atoms with van der Waals surface area (Å²) in [4.78, 5) is 16.5. The molecule has 1 saturated carbocycles. The molecule has 24 heavy (non-hydrogen) atoms. The molecule has 1 saturated heterocycles. The monoisotopic (exact) mass is 355 g/mol. The van der Waals surface area contributed by atoms with Crippen LogP contribution in [0.25, 0.3) is 0 Å². The van der Waals surface area contributed by atoms with E-state index in [2.05, 4.69) is 4.98 Å². The number of carbonyl (C=O) groups is 1. The van der Waals surface area contributed by atoms with E-state index < -0.39 is 10.0 Å². The molecule has 0 radical (unpaired) electrons. The van der Waals surface area contributed by atoms with E-state index in [0.29, 0.717) is 13.2 Å². The number of rotatable bonds is 4. The van der Waals surface area contributed by atoms with Crippen LogP contribution in [0.2, 0.25) is 0 Å². The number of nitrogens with zero attached hydrogens (tertiary/aromatic N) is 3. The van der Waals surface area contributed by atoms with E-state index in [1.165, 1.54) is 16.8 Å². The Labute approximate surface area is 143 Å². The van der Waals surface area contributed by atoms with Gasteiger partial charge in [0.2, 0.25) is 0 Å². The average Bonchev–Trinajstić information content (AvgIpc) is 3.14. The molecule has 7 nitrogen and oxygen atoms in total. The van der Waals surface area contributed by atoms with Crippen LogP contribution in [0.3, 0.4) is 0 Å². The van der Waals surface area contributed by atoms with Gasteiger partial charge in [0.25, 0.3) is 10.0 Å².